The van der Waals surface area contributed by atoms with Crippen LogP contribution in [0.4, 0.5) is 20.2 Å². The average Bonchev–Trinajstić information content (AvgIpc) is 3.28. The Kier molecular flexibility index (Phi) is 4.94. The molecule has 7 heteroatoms. The van der Waals surface area contributed by atoms with Crippen molar-refractivity contribution in [3.63, 3.8) is 0 Å². The third-order valence-corrected chi connectivity index (χ3v) is 5.33. The first-order valence-corrected chi connectivity index (χ1v) is 9.50. The van der Waals surface area contributed by atoms with E-state index < -0.39 is 0 Å². The summed E-state index contributed by atoms with van der Waals surface area (Å²) in [6.07, 6.45) is 3.81. The van der Waals surface area contributed by atoms with Gasteiger partial charge in [-0.3, -0.25) is 4.79 Å². The van der Waals surface area contributed by atoms with Crippen LogP contribution in [0, 0.1) is 11.6 Å². The number of benzene rings is 2. The van der Waals surface area contributed by atoms with Crippen LogP contribution in [0.15, 0.2) is 52.4 Å². The lowest BCUT2D eigenvalue weighted by Gasteiger charge is -2.18. The lowest BCUT2D eigenvalue weighted by Crippen LogP contribution is -2.19. The number of halogens is 2. The van der Waals surface area contributed by atoms with E-state index in [2.05, 4.69) is 10.3 Å². The summed E-state index contributed by atoms with van der Waals surface area (Å²) in [6, 6.07) is 10.7. The van der Waals surface area contributed by atoms with Gasteiger partial charge in [-0.05, 0) is 72.6 Å². The molecule has 0 spiro atoms. The molecule has 138 valence electrons. The molecule has 2 aromatic carbocycles. The molecule has 0 unspecified atom stereocenters. The Labute approximate surface area is 160 Å². The van der Waals surface area contributed by atoms with Gasteiger partial charge in [-0.15, -0.1) is 0 Å². The van der Waals surface area contributed by atoms with Gasteiger partial charge in [0.2, 0.25) is 0 Å². The molecule has 0 aliphatic carbocycles. The van der Waals surface area contributed by atoms with Gasteiger partial charge in [-0.2, -0.15) is 0 Å². The lowest BCUT2D eigenvalue weighted by atomic mass is 10.1. The maximum absolute atomic E-state index is 14.4. The van der Waals surface area contributed by atoms with Crippen LogP contribution in [0.5, 0.6) is 0 Å². The summed E-state index contributed by atoms with van der Waals surface area (Å²) in [4.78, 5) is 18.9. The van der Waals surface area contributed by atoms with Crippen molar-refractivity contribution < 1.29 is 13.6 Å². The summed E-state index contributed by atoms with van der Waals surface area (Å²) < 4.78 is 27.4. The van der Waals surface area contributed by atoms with E-state index in [0.29, 0.717) is 27.0 Å². The molecule has 0 radical (unpaired) electrons. The fourth-order valence-corrected chi connectivity index (χ4v) is 3.93. The van der Waals surface area contributed by atoms with Gasteiger partial charge in [-0.25, -0.2) is 13.8 Å². The quantitative estimate of drug-likeness (QED) is 0.794. The lowest BCUT2D eigenvalue weighted by molar-refractivity contribution is -0.115. The Morgan fingerprint density at radius 2 is 1.81 bits per heavy atom. The minimum absolute atomic E-state index is 0.283. The minimum Gasteiger partial charge on any atom is -0.369 e. The molecule has 2 heterocycles. The number of hydrogen-bond donors (Lipinski definition) is 1. The molecular formula is C20H17F2N3OS. The molecule has 2 fully saturated rings. The first-order valence-electron chi connectivity index (χ1n) is 8.68. The van der Waals surface area contributed by atoms with Crippen molar-refractivity contribution in [2.75, 3.05) is 18.0 Å². The third kappa shape index (κ3) is 4.03. The molecule has 0 atom stereocenters. The Bertz CT molecular complexity index is 935. The molecule has 0 aromatic heterocycles. The van der Waals surface area contributed by atoms with Gasteiger partial charge >= 0.3 is 0 Å². The van der Waals surface area contributed by atoms with Crippen LogP contribution >= 0.6 is 11.8 Å². The summed E-state index contributed by atoms with van der Waals surface area (Å²) in [7, 11) is 0. The van der Waals surface area contributed by atoms with E-state index >= 15 is 0 Å². The highest BCUT2D eigenvalue weighted by molar-refractivity contribution is 8.18. The van der Waals surface area contributed by atoms with Crippen LogP contribution in [0.3, 0.4) is 0 Å². The molecule has 2 aliphatic heterocycles. The van der Waals surface area contributed by atoms with Crippen LogP contribution in [-0.4, -0.2) is 24.2 Å². The highest BCUT2D eigenvalue weighted by Gasteiger charge is 2.24. The maximum atomic E-state index is 14.4. The van der Waals surface area contributed by atoms with E-state index in [1.54, 1.807) is 12.1 Å². The first-order chi connectivity index (χ1) is 13.1. The molecule has 27 heavy (non-hydrogen) atoms. The predicted molar refractivity (Wildman–Crippen MR) is 105 cm³/mol. The van der Waals surface area contributed by atoms with E-state index in [0.717, 1.165) is 25.9 Å². The van der Waals surface area contributed by atoms with E-state index in [4.69, 9.17) is 0 Å². The molecule has 1 N–H and O–H groups in total. The summed E-state index contributed by atoms with van der Waals surface area (Å²) in [6.45, 7) is 1.75. The number of amidine groups is 1. The number of rotatable bonds is 3. The molecule has 0 bridgehead atoms. The van der Waals surface area contributed by atoms with E-state index in [9.17, 15) is 13.6 Å². The minimum atomic E-state index is -0.345. The molecular weight excluding hydrogens is 368 g/mol. The van der Waals surface area contributed by atoms with Gasteiger partial charge in [-0.1, -0.05) is 6.07 Å². The van der Waals surface area contributed by atoms with Gasteiger partial charge in [0.1, 0.15) is 11.6 Å². The zero-order chi connectivity index (χ0) is 18.8. The Morgan fingerprint density at radius 3 is 2.52 bits per heavy atom. The van der Waals surface area contributed by atoms with Gasteiger partial charge in [0.05, 0.1) is 16.3 Å². The molecule has 2 aliphatic rings. The van der Waals surface area contributed by atoms with Gasteiger partial charge in [0.15, 0.2) is 5.17 Å². The van der Waals surface area contributed by atoms with Crippen LogP contribution in [0.1, 0.15) is 18.4 Å². The number of carbonyl (C=O) groups is 1. The fraction of sp³-hybridized carbons (Fsp3) is 0.200. The zero-order valence-corrected chi connectivity index (χ0v) is 15.2. The average molecular weight is 385 g/mol. The van der Waals surface area contributed by atoms with Crippen molar-refractivity contribution in [3.05, 3.63) is 64.6 Å². The zero-order valence-electron chi connectivity index (χ0n) is 14.4. The standard InChI is InChI=1S/C20H17F2N3OS/c21-14-4-6-15(7-5-14)23-20-24-19(26)18(27-20)12-13-3-8-17(16(22)11-13)25-9-1-2-10-25/h3-8,11-12H,1-2,9-10H2,(H,23,24,26)/b18-12-. The number of nitrogens with one attached hydrogen (secondary N) is 1. The smallest absolute Gasteiger partial charge is 0.264 e. The highest BCUT2D eigenvalue weighted by atomic mass is 32.2. The van der Waals surface area contributed by atoms with Gasteiger partial charge in [0.25, 0.3) is 5.91 Å². The second kappa shape index (κ2) is 7.52. The van der Waals surface area contributed by atoms with Gasteiger partial charge < -0.3 is 10.2 Å². The van der Waals surface area contributed by atoms with Crippen molar-refractivity contribution in [1.29, 1.82) is 0 Å². The first kappa shape index (κ1) is 17.7. The predicted octanol–water partition coefficient (Wildman–Crippen LogP) is 4.46. The van der Waals surface area contributed by atoms with Crippen molar-refractivity contribution >= 4 is 40.3 Å². The van der Waals surface area contributed by atoms with Crippen molar-refractivity contribution in [2.24, 2.45) is 4.99 Å². The molecule has 2 saturated heterocycles. The number of nitrogens with zero attached hydrogens (tertiary/aromatic N) is 2. The summed E-state index contributed by atoms with van der Waals surface area (Å²) in [5.41, 5.74) is 1.77. The van der Waals surface area contributed by atoms with Crippen molar-refractivity contribution in [1.82, 2.24) is 5.32 Å². The number of carbonyl (C=O) groups excluding carboxylic acids is 1. The number of thioether (sulfide) groups is 1. The van der Waals surface area contributed by atoms with Crippen LogP contribution in [-0.2, 0) is 4.79 Å². The largest absolute Gasteiger partial charge is 0.369 e. The molecule has 2 aromatic rings. The van der Waals surface area contributed by atoms with Crippen LogP contribution in [0.25, 0.3) is 6.08 Å². The molecule has 1 amide bonds. The molecule has 4 nitrogen and oxygen atoms in total. The number of anilines is 1. The Balaban J connectivity index is 1.52. The number of hydrogen-bond acceptors (Lipinski definition) is 4. The second-order valence-corrected chi connectivity index (χ2v) is 7.39. The van der Waals surface area contributed by atoms with Crippen LogP contribution < -0.4 is 10.2 Å². The molecule has 4 rings (SSSR count). The van der Waals surface area contributed by atoms with Crippen molar-refractivity contribution in [2.45, 2.75) is 12.8 Å². The monoisotopic (exact) mass is 385 g/mol. The third-order valence-electron chi connectivity index (χ3n) is 4.42. The summed E-state index contributed by atoms with van der Waals surface area (Å²) in [5.74, 6) is -0.915. The van der Waals surface area contributed by atoms with Gasteiger partial charge in [0, 0.05) is 13.1 Å². The Morgan fingerprint density at radius 1 is 1.07 bits per heavy atom. The number of amides is 1. The fourth-order valence-electron chi connectivity index (χ4n) is 3.09. The Hall–Kier alpha value is -2.67. The highest BCUT2D eigenvalue weighted by Crippen LogP contribution is 2.30. The van der Waals surface area contributed by atoms with Crippen molar-refractivity contribution in [3.8, 4) is 0 Å². The van der Waals surface area contributed by atoms with E-state index in [1.807, 2.05) is 11.0 Å². The summed E-state index contributed by atoms with van der Waals surface area (Å²) in [5, 5.41) is 3.08. The van der Waals surface area contributed by atoms with E-state index in [1.165, 1.54) is 42.1 Å². The topological polar surface area (TPSA) is 44.7 Å². The SMILES string of the molecule is O=C1NC(=Nc2ccc(F)cc2)S/C1=C\c1ccc(N2CCCC2)c(F)c1. The number of aliphatic imine (C=N–C) groups is 1. The van der Waals surface area contributed by atoms with Crippen LogP contribution in [0.2, 0.25) is 0 Å². The normalized spacial score (nSPS) is 19.9. The second-order valence-electron chi connectivity index (χ2n) is 6.36. The van der Waals surface area contributed by atoms with E-state index in [-0.39, 0.29) is 17.5 Å². The maximum Gasteiger partial charge on any atom is 0.264 e. The summed E-state index contributed by atoms with van der Waals surface area (Å²) >= 11 is 1.17. The molecule has 0 saturated carbocycles.